The number of rotatable bonds is 9. The highest BCUT2D eigenvalue weighted by molar-refractivity contribution is 5.99. The van der Waals surface area contributed by atoms with Gasteiger partial charge in [0.2, 0.25) is 0 Å². The van der Waals surface area contributed by atoms with Crippen LogP contribution in [0.1, 0.15) is 23.2 Å². The van der Waals surface area contributed by atoms with E-state index in [0.717, 1.165) is 30.0 Å². The molecule has 3 rings (SSSR count). The van der Waals surface area contributed by atoms with E-state index >= 15 is 0 Å². The van der Waals surface area contributed by atoms with E-state index in [0.29, 0.717) is 23.8 Å². The summed E-state index contributed by atoms with van der Waals surface area (Å²) in [6, 6.07) is 12.2. The summed E-state index contributed by atoms with van der Waals surface area (Å²) in [4.78, 5) is 23.8. The lowest BCUT2D eigenvalue weighted by molar-refractivity contribution is 0.0787. The number of anilines is 2. The summed E-state index contributed by atoms with van der Waals surface area (Å²) >= 11 is 0. The van der Waals surface area contributed by atoms with E-state index in [2.05, 4.69) is 33.3 Å². The summed E-state index contributed by atoms with van der Waals surface area (Å²) in [6.45, 7) is 2.38. The molecule has 0 aliphatic heterocycles. The molecule has 0 radical (unpaired) electrons. The number of hydrogen-bond acceptors (Lipinski definition) is 5. The number of amides is 1. The van der Waals surface area contributed by atoms with Crippen molar-refractivity contribution < 1.29 is 4.79 Å². The predicted molar refractivity (Wildman–Crippen MR) is 121 cm³/mol. The van der Waals surface area contributed by atoms with Gasteiger partial charge < -0.3 is 20.0 Å². The third kappa shape index (κ3) is 5.70. The molecule has 1 aliphatic carbocycles. The van der Waals surface area contributed by atoms with Gasteiger partial charge in [-0.1, -0.05) is 12.1 Å². The standard InChI is InChI=1S/C23H33N5O/c1-26(2)13-14-28(5)23(29)20-11-12-21(25-22(20)24-16-17-9-10-17)18-7-6-8-19(15-18)27(3)4/h6-8,11-12,15,17H,9-10,13-14,16H2,1-5H3,(H,24,25). The Morgan fingerprint density at radius 3 is 2.48 bits per heavy atom. The fraction of sp³-hybridized carbons (Fsp3) is 0.478. The van der Waals surface area contributed by atoms with E-state index in [1.807, 2.05) is 53.4 Å². The van der Waals surface area contributed by atoms with Crippen LogP contribution in [0.4, 0.5) is 11.5 Å². The number of carbonyl (C=O) groups is 1. The number of nitrogens with one attached hydrogen (secondary N) is 1. The zero-order valence-corrected chi connectivity index (χ0v) is 18.3. The average molecular weight is 396 g/mol. The summed E-state index contributed by atoms with van der Waals surface area (Å²) < 4.78 is 0. The molecule has 1 heterocycles. The molecule has 0 atom stereocenters. The third-order valence-electron chi connectivity index (χ3n) is 5.27. The first kappa shape index (κ1) is 21.1. The van der Waals surface area contributed by atoms with Crippen LogP contribution < -0.4 is 10.2 Å². The van der Waals surface area contributed by atoms with Crippen LogP contribution in [0.5, 0.6) is 0 Å². The van der Waals surface area contributed by atoms with Gasteiger partial charge in [0.05, 0.1) is 11.3 Å². The number of pyridine rings is 1. The average Bonchev–Trinajstić information content (AvgIpc) is 3.54. The van der Waals surface area contributed by atoms with Crippen molar-refractivity contribution in [3.63, 3.8) is 0 Å². The molecule has 0 unspecified atom stereocenters. The van der Waals surface area contributed by atoms with Crippen LogP contribution >= 0.6 is 0 Å². The second-order valence-electron chi connectivity index (χ2n) is 8.39. The molecule has 6 heteroatoms. The molecule has 1 aliphatic rings. The molecule has 1 amide bonds. The Morgan fingerprint density at radius 1 is 1.07 bits per heavy atom. The minimum atomic E-state index is 0.00578. The monoisotopic (exact) mass is 395 g/mol. The fourth-order valence-corrected chi connectivity index (χ4v) is 3.09. The second kappa shape index (κ2) is 9.27. The van der Waals surface area contributed by atoms with Gasteiger partial charge in [-0.3, -0.25) is 4.79 Å². The maximum Gasteiger partial charge on any atom is 0.257 e. The highest BCUT2D eigenvalue weighted by Gasteiger charge is 2.23. The van der Waals surface area contributed by atoms with Gasteiger partial charge in [0, 0.05) is 52.0 Å². The first-order chi connectivity index (χ1) is 13.8. The van der Waals surface area contributed by atoms with Gasteiger partial charge in [-0.05, 0) is 57.1 Å². The maximum absolute atomic E-state index is 13.1. The van der Waals surface area contributed by atoms with Crippen LogP contribution in [0.25, 0.3) is 11.3 Å². The van der Waals surface area contributed by atoms with Crippen molar-refractivity contribution in [2.24, 2.45) is 5.92 Å². The number of likely N-dealkylation sites (N-methyl/N-ethyl adjacent to an activating group) is 2. The van der Waals surface area contributed by atoms with Crippen molar-refractivity contribution in [3.05, 3.63) is 42.0 Å². The maximum atomic E-state index is 13.1. The van der Waals surface area contributed by atoms with Crippen molar-refractivity contribution in [1.82, 2.24) is 14.8 Å². The number of carbonyl (C=O) groups excluding carboxylic acids is 1. The minimum absolute atomic E-state index is 0.00578. The normalized spacial score (nSPS) is 13.4. The van der Waals surface area contributed by atoms with Crippen molar-refractivity contribution in [2.75, 3.05) is 65.1 Å². The summed E-state index contributed by atoms with van der Waals surface area (Å²) in [5.74, 6) is 1.39. The molecular formula is C23H33N5O. The largest absolute Gasteiger partial charge is 0.378 e. The van der Waals surface area contributed by atoms with E-state index < -0.39 is 0 Å². The molecule has 1 N–H and O–H groups in total. The quantitative estimate of drug-likeness (QED) is 0.706. The number of hydrogen-bond donors (Lipinski definition) is 1. The van der Waals surface area contributed by atoms with Gasteiger partial charge in [0.25, 0.3) is 5.91 Å². The van der Waals surface area contributed by atoms with Gasteiger partial charge in [0.1, 0.15) is 5.82 Å². The molecule has 0 bridgehead atoms. The Kier molecular flexibility index (Phi) is 6.75. The van der Waals surface area contributed by atoms with E-state index in [9.17, 15) is 4.79 Å². The van der Waals surface area contributed by atoms with Gasteiger partial charge in [-0.2, -0.15) is 0 Å². The van der Waals surface area contributed by atoms with Crippen LogP contribution in [0.15, 0.2) is 36.4 Å². The van der Waals surface area contributed by atoms with Crippen molar-refractivity contribution in [1.29, 1.82) is 0 Å². The second-order valence-corrected chi connectivity index (χ2v) is 8.39. The topological polar surface area (TPSA) is 51.7 Å². The Hall–Kier alpha value is -2.60. The van der Waals surface area contributed by atoms with Crippen molar-refractivity contribution in [3.8, 4) is 11.3 Å². The lowest BCUT2D eigenvalue weighted by atomic mass is 10.1. The molecule has 0 spiro atoms. The van der Waals surface area contributed by atoms with Crippen LogP contribution in [-0.2, 0) is 0 Å². The number of nitrogens with zero attached hydrogens (tertiary/aromatic N) is 4. The van der Waals surface area contributed by atoms with E-state index in [1.165, 1.54) is 12.8 Å². The molecular weight excluding hydrogens is 362 g/mol. The highest BCUT2D eigenvalue weighted by Crippen LogP contribution is 2.30. The Morgan fingerprint density at radius 2 is 1.83 bits per heavy atom. The number of benzene rings is 1. The smallest absolute Gasteiger partial charge is 0.257 e. The third-order valence-corrected chi connectivity index (χ3v) is 5.27. The summed E-state index contributed by atoms with van der Waals surface area (Å²) in [5, 5.41) is 3.44. The molecule has 1 fully saturated rings. The highest BCUT2D eigenvalue weighted by atomic mass is 16.2. The zero-order chi connectivity index (χ0) is 21.0. The summed E-state index contributed by atoms with van der Waals surface area (Å²) in [6.07, 6.45) is 2.51. The number of aromatic nitrogens is 1. The molecule has 6 nitrogen and oxygen atoms in total. The van der Waals surface area contributed by atoms with Crippen LogP contribution in [-0.4, -0.2) is 75.6 Å². The van der Waals surface area contributed by atoms with Crippen LogP contribution in [0.3, 0.4) is 0 Å². The molecule has 0 saturated heterocycles. The fourth-order valence-electron chi connectivity index (χ4n) is 3.09. The Balaban J connectivity index is 1.88. The van der Waals surface area contributed by atoms with Gasteiger partial charge in [-0.15, -0.1) is 0 Å². The molecule has 156 valence electrons. The van der Waals surface area contributed by atoms with Gasteiger partial charge >= 0.3 is 0 Å². The molecule has 1 saturated carbocycles. The van der Waals surface area contributed by atoms with Gasteiger partial charge in [0.15, 0.2) is 0 Å². The van der Waals surface area contributed by atoms with Crippen LogP contribution in [0.2, 0.25) is 0 Å². The lowest BCUT2D eigenvalue weighted by Crippen LogP contribution is -2.34. The first-order valence-corrected chi connectivity index (χ1v) is 10.3. The predicted octanol–water partition coefficient (Wildman–Crippen LogP) is 3.27. The first-order valence-electron chi connectivity index (χ1n) is 10.3. The molecule has 1 aromatic heterocycles. The molecule has 1 aromatic carbocycles. The SMILES string of the molecule is CN(C)CCN(C)C(=O)c1ccc(-c2cccc(N(C)C)c2)nc1NCC1CC1. The van der Waals surface area contributed by atoms with Crippen molar-refractivity contribution in [2.45, 2.75) is 12.8 Å². The van der Waals surface area contributed by atoms with E-state index in [1.54, 1.807) is 4.90 Å². The zero-order valence-electron chi connectivity index (χ0n) is 18.3. The van der Waals surface area contributed by atoms with E-state index in [-0.39, 0.29) is 5.91 Å². The minimum Gasteiger partial charge on any atom is -0.378 e. The Labute approximate surface area is 174 Å². The Bertz CT molecular complexity index is 845. The van der Waals surface area contributed by atoms with Crippen molar-refractivity contribution >= 4 is 17.4 Å². The summed E-state index contributed by atoms with van der Waals surface area (Å²) in [7, 11) is 9.93. The lowest BCUT2D eigenvalue weighted by Gasteiger charge is -2.21. The summed E-state index contributed by atoms with van der Waals surface area (Å²) in [5.41, 5.74) is 3.69. The molecule has 2 aromatic rings. The van der Waals surface area contributed by atoms with E-state index in [4.69, 9.17) is 4.98 Å². The van der Waals surface area contributed by atoms with Crippen LogP contribution in [0, 0.1) is 5.92 Å². The van der Waals surface area contributed by atoms with Gasteiger partial charge in [-0.25, -0.2) is 4.98 Å². The molecule has 29 heavy (non-hydrogen) atoms.